The van der Waals surface area contributed by atoms with E-state index in [1.54, 1.807) is 11.0 Å². The number of para-hydroxylation sites is 1. The molecular weight excluding hydrogens is 388 g/mol. The molecule has 1 saturated heterocycles. The van der Waals surface area contributed by atoms with Crippen molar-refractivity contribution in [2.45, 2.75) is 13.5 Å². The molecule has 2 heterocycles. The second kappa shape index (κ2) is 7.37. The Morgan fingerprint density at radius 2 is 1.75 bits per heavy atom. The van der Waals surface area contributed by atoms with Crippen LogP contribution in [0.2, 0.25) is 0 Å². The van der Waals surface area contributed by atoms with Crippen LogP contribution in [0.4, 0.5) is 5.69 Å². The van der Waals surface area contributed by atoms with Gasteiger partial charge in [0.15, 0.2) is 0 Å². The lowest BCUT2D eigenvalue weighted by molar-refractivity contribution is -0.122. The van der Waals surface area contributed by atoms with Crippen LogP contribution in [0.25, 0.3) is 5.57 Å². The van der Waals surface area contributed by atoms with E-state index < -0.39 is 0 Å². The van der Waals surface area contributed by atoms with Gasteiger partial charge in [0.05, 0.1) is 22.7 Å². The van der Waals surface area contributed by atoms with Gasteiger partial charge in [-0.2, -0.15) is 0 Å². The van der Waals surface area contributed by atoms with Gasteiger partial charge in [-0.1, -0.05) is 78.1 Å². The molecule has 0 aliphatic carbocycles. The highest BCUT2D eigenvalue weighted by Gasteiger charge is 2.41. The summed E-state index contributed by atoms with van der Waals surface area (Å²) in [4.78, 5) is 29.9. The van der Waals surface area contributed by atoms with Gasteiger partial charge >= 0.3 is 0 Å². The largest absolute Gasteiger partial charge is 0.303 e. The van der Waals surface area contributed by atoms with E-state index in [-0.39, 0.29) is 11.8 Å². The number of amides is 2. The SMILES string of the molecule is C=CCN1C(=O)C(=C2C(=O)N(Cc3ccc(C)cc3)c3ccccc32)SC1=S. The van der Waals surface area contributed by atoms with Gasteiger partial charge in [0.25, 0.3) is 11.8 Å². The molecule has 0 saturated carbocycles. The average molecular weight is 407 g/mol. The zero-order chi connectivity index (χ0) is 19.8. The number of hydrogen-bond donors (Lipinski definition) is 0. The van der Waals surface area contributed by atoms with Crippen molar-refractivity contribution in [3.63, 3.8) is 0 Å². The second-order valence-corrected chi connectivity index (χ2v) is 8.31. The lowest BCUT2D eigenvalue weighted by Crippen LogP contribution is -2.29. The third-order valence-corrected chi connectivity index (χ3v) is 6.22. The van der Waals surface area contributed by atoms with Crippen LogP contribution in [-0.4, -0.2) is 27.6 Å². The Balaban J connectivity index is 1.77. The molecule has 2 aromatic carbocycles. The first-order valence-electron chi connectivity index (χ1n) is 8.87. The van der Waals surface area contributed by atoms with E-state index in [4.69, 9.17) is 12.2 Å². The number of benzene rings is 2. The summed E-state index contributed by atoms with van der Waals surface area (Å²) in [5, 5.41) is 0. The highest BCUT2D eigenvalue weighted by atomic mass is 32.2. The molecule has 2 amide bonds. The minimum atomic E-state index is -0.231. The number of carbonyl (C=O) groups excluding carboxylic acids is 2. The summed E-state index contributed by atoms with van der Waals surface area (Å²) < 4.78 is 0.453. The van der Waals surface area contributed by atoms with Crippen molar-refractivity contribution in [3.05, 3.63) is 82.8 Å². The lowest BCUT2D eigenvalue weighted by atomic mass is 10.1. The minimum absolute atomic E-state index is 0.166. The van der Waals surface area contributed by atoms with Crippen molar-refractivity contribution >= 4 is 51.4 Å². The fraction of sp³-hybridized carbons (Fsp3) is 0.136. The number of thioether (sulfide) groups is 1. The summed E-state index contributed by atoms with van der Waals surface area (Å²) in [6, 6.07) is 15.7. The molecular formula is C22H18N2O2S2. The minimum Gasteiger partial charge on any atom is -0.303 e. The van der Waals surface area contributed by atoms with Gasteiger partial charge in [-0.05, 0) is 18.6 Å². The number of nitrogens with zero attached hydrogens (tertiary/aromatic N) is 2. The van der Waals surface area contributed by atoms with Gasteiger partial charge in [0, 0.05) is 12.1 Å². The summed E-state index contributed by atoms with van der Waals surface area (Å²) in [5.41, 5.74) is 4.24. The van der Waals surface area contributed by atoms with Gasteiger partial charge in [-0.25, -0.2) is 0 Å². The second-order valence-electron chi connectivity index (χ2n) is 6.67. The van der Waals surface area contributed by atoms with Gasteiger partial charge in [-0.3, -0.25) is 14.5 Å². The molecule has 4 nitrogen and oxygen atoms in total. The molecule has 0 spiro atoms. The first kappa shape index (κ1) is 18.7. The number of rotatable bonds is 4. The van der Waals surface area contributed by atoms with E-state index in [2.05, 4.69) is 6.58 Å². The van der Waals surface area contributed by atoms with Crippen molar-refractivity contribution in [1.82, 2.24) is 4.90 Å². The van der Waals surface area contributed by atoms with E-state index in [0.29, 0.717) is 27.9 Å². The molecule has 140 valence electrons. The Hall–Kier alpha value is -2.70. The summed E-state index contributed by atoms with van der Waals surface area (Å²) in [6.07, 6.45) is 1.63. The Kier molecular flexibility index (Phi) is 4.91. The van der Waals surface area contributed by atoms with Crippen molar-refractivity contribution in [2.75, 3.05) is 11.4 Å². The molecule has 0 radical (unpaired) electrons. The predicted molar refractivity (Wildman–Crippen MR) is 118 cm³/mol. The van der Waals surface area contributed by atoms with Crippen LogP contribution in [0.3, 0.4) is 0 Å². The Morgan fingerprint density at radius 3 is 2.46 bits per heavy atom. The van der Waals surface area contributed by atoms with E-state index in [0.717, 1.165) is 16.8 Å². The molecule has 28 heavy (non-hydrogen) atoms. The summed E-state index contributed by atoms with van der Waals surface area (Å²) in [7, 11) is 0. The van der Waals surface area contributed by atoms with E-state index in [9.17, 15) is 9.59 Å². The number of thiocarbonyl (C=S) groups is 1. The van der Waals surface area contributed by atoms with E-state index >= 15 is 0 Å². The van der Waals surface area contributed by atoms with Gasteiger partial charge in [0.1, 0.15) is 4.32 Å². The maximum atomic E-state index is 13.4. The smallest absolute Gasteiger partial charge is 0.267 e. The monoisotopic (exact) mass is 406 g/mol. The first-order valence-corrected chi connectivity index (χ1v) is 10.1. The molecule has 0 N–H and O–H groups in total. The molecule has 0 bridgehead atoms. The van der Waals surface area contributed by atoms with Crippen LogP contribution in [0.1, 0.15) is 16.7 Å². The summed E-state index contributed by atoms with van der Waals surface area (Å²) >= 11 is 6.53. The molecule has 2 aliphatic heterocycles. The zero-order valence-electron chi connectivity index (χ0n) is 15.3. The fourth-order valence-electron chi connectivity index (χ4n) is 3.37. The number of aryl methyl sites for hydroxylation is 1. The molecule has 1 fully saturated rings. The Bertz CT molecular complexity index is 1040. The van der Waals surface area contributed by atoms with Crippen molar-refractivity contribution in [3.8, 4) is 0 Å². The van der Waals surface area contributed by atoms with Crippen molar-refractivity contribution in [2.24, 2.45) is 0 Å². The highest BCUT2D eigenvalue weighted by Crippen LogP contribution is 2.44. The summed E-state index contributed by atoms with van der Waals surface area (Å²) in [6.45, 7) is 6.50. The Labute approximate surface area is 173 Å². The van der Waals surface area contributed by atoms with Crippen LogP contribution in [-0.2, 0) is 16.1 Å². The van der Waals surface area contributed by atoms with Gasteiger partial charge in [0.2, 0.25) is 0 Å². The lowest BCUT2D eigenvalue weighted by Gasteiger charge is -2.17. The van der Waals surface area contributed by atoms with Crippen LogP contribution in [0.5, 0.6) is 0 Å². The molecule has 4 rings (SSSR count). The van der Waals surface area contributed by atoms with Crippen molar-refractivity contribution in [1.29, 1.82) is 0 Å². The third-order valence-electron chi connectivity index (χ3n) is 4.77. The quantitative estimate of drug-likeness (QED) is 0.431. The third kappa shape index (κ3) is 3.08. The Morgan fingerprint density at radius 1 is 1.04 bits per heavy atom. The predicted octanol–water partition coefficient (Wildman–Crippen LogP) is 4.30. The van der Waals surface area contributed by atoms with Crippen molar-refractivity contribution < 1.29 is 9.59 Å². The number of anilines is 1. The number of carbonyl (C=O) groups is 2. The highest BCUT2D eigenvalue weighted by molar-refractivity contribution is 8.26. The van der Waals surface area contributed by atoms with Gasteiger partial charge in [-0.15, -0.1) is 6.58 Å². The normalized spacial score (nSPS) is 18.8. The molecule has 0 unspecified atom stereocenters. The molecule has 0 atom stereocenters. The van der Waals surface area contributed by atoms with E-state index in [1.165, 1.54) is 22.2 Å². The molecule has 0 aromatic heterocycles. The summed E-state index contributed by atoms with van der Waals surface area (Å²) in [5.74, 6) is -0.397. The average Bonchev–Trinajstić information content (AvgIpc) is 3.12. The zero-order valence-corrected chi connectivity index (χ0v) is 17.0. The maximum absolute atomic E-state index is 13.4. The topological polar surface area (TPSA) is 40.6 Å². The molecule has 2 aliphatic rings. The van der Waals surface area contributed by atoms with Crippen LogP contribution < -0.4 is 4.90 Å². The van der Waals surface area contributed by atoms with Crippen LogP contribution in [0, 0.1) is 6.92 Å². The maximum Gasteiger partial charge on any atom is 0.267 e. The molecule has 2 aromatic rings. The van der Waals surface area contributed by atoms with Crippen LogP contribution >= 0.6 is 24.0 Å². The standard InChI is InChI=1S/C22H18N2O2S2/c1-3-12-23-21(26)19(28-22(23)27)18-16-6-4-5-7-17(16)24(20(18)25)13-15-10-8-14(2)9-11-15/h3-11H,1,12-13H2,2H3. The van der Waals surface area contributed by atoms with Gasteiger partial charge < -0.3 is 4.90 Å². The number of hydrogen-bond acceptors (Lipinski definition) is 4. The van der Waals surface area contributed by atoms with Crippen LogP contribution in [0.15, 0.2) is 66.1 Å². The van der Waals surface area contributed by atoms with E-state index in [1.807, 2.05) is 55.5 Å². The molecule has 6 heteroatoms. The first-order chi connectivity index (χ1) is 13.5. The fourth-order valence-corrected chi connectivity index (χ4v) is 4.72. The number of fused-ring (bicyclic) bond motifs is 1.